The van der Waals surface area contributed by atoms with Gasteiger partial charge in [-0.2, -0.15) is 0 Å². The summed E-state index contributed by atoms with van der Waals surface area (Å²) in [6.45, 7) is 0.937. The van der Waals surface area contributed by atoms with Gasteiger partial charge in [0.05, 0.1) is 19.6 Å². The van der Waals surface area contributed by atoms with Crippen molar-refractivity contribution < 1.29 is 54.4 Å². The highest BCUT2D eigenvalue weighted by atomic mass is 16.8. The van der Waals surface area contributed by atoms with E-state index in [2.05, 4.69) is 4.74 Å². The summed E-state index contributed by atoms with van der Waals surface area (Å²) in [5.41, 5.74) is -1.97. The lowest BCUT2D eigenvalue weighted by atomic mass is 9.78. The average molecular weight is 404 g/mol. The van der Waals surface area contributed by atoms with E-state index in [1.165, 1.54) is 6.08 Å². The van der Waals surface area contributed by atoms with Gasteiger partial charge in [-0.15, -0.1) is 0 Å². The lowest BCUT2D eigenvalue weighted by Crippen LogP contribution is -2.61. The minimum atomic E-state index is -2.10. The monoisotopic (exact) mass is 404 g/mol. The molecule has 11 nitrogen and oxygen atoms in total. The molecule has 3 rings (SSSR count). The van der Waals surface area contributed by atoms with Crippen LogP contribution < -0.4 is 0 Å². The van der Waals surface area contributed by atoms with Gasteiger partial charge in [-0.05, 0) is 6.92 Å². The second-order valence-corrected chi connectivity index (χ2v) is 7.02. The van der Waals surface area contributed by atoms with E-state index >= 15 is 0 Å². The molecule has 11 heteroatoms. The van der Waals surface area contributed by atoms with E-state index in [1.54, 1.807) is 6.92 Å². The van der Waals surface area contributed by atoms with Gasteiger partial charge in [0.25, 0.3) is 0 Å². The first-order valence-corrected chi connectivity index (χ1v) is 8.65. The van der Waals surface area contributed by atoms with Crippen LogP contribution in [0.5, 0.6) is 0 Å². The molecule has 2 aliphatic heterocycles. The molecule has 1 fully saturated rings. The molecule has 0 saturated carbocycles. The van der Waals surface area contributed by atoms with Gasteiger partial charge < -0.3 is 49.6 Å². The van der Waals surface area contributed by atoms with E-state index < -0.39 is 67.2 Å². The van der Waals surface area contributed by atoms with E-state index in [1.807, 2.05) is 0 Å². The van der Waals surface area contributed by atoms with Crippen LogP contribution in [0.1, 0.15) is 6.92 Å². The van der Waals surface area contributed by atoms with E-state index in [-0.39, 0.29) is 5.57 Å². The van der Waals surface area contributed by atoms with Crippen molar-refractivity contribution in [3.05, 3.63) is 23.5 Å². The SMILES string of the molecule is COC(=O)C1=CO[C@@H](O[C@@H]2O[C@H](CO)[C@@H](O)[C@H](O)[C@H]2O)[C@@H]2C(C)=C[C@@H](O)[C@]12O. The van der Waals surface area contributed by atoms with Crippen LogP contribution in [0.3, 0.4) is 0 Å². The normalized spacial score (nSPS) is 45.6. The highest BCUT2D eigenvalue weighted by Gasteiger charge is 2.60. The van der Waals surface area contributed by atoms with E-state index in [0.717, 1.165) is 13.4 Å². The molecule has 28 heavy (non-hydrogen) atoms. The molecule has 0 aromatic heterocycles. The number of esters is 1. The number of aliphatic hydroxyl groups excluding tert-OH is 5. The predicted octanol–water partition coefficient (Wildman–Crippen LogP) is -3.12. The average Bonchev–Trinajstić information content (AvgIpc) is 2.91. The maximum absolute atomic E-state index is 12.0. The summed E-state index contributed by atoms with van der Waals surface area (Å²) in [5, 5.41) is 60.6. The first kappa shape index (κ1) is 21.1. The summed E-state index contributed by atoms with van der Waals surface area (Å²) in [6, 6.07) is 0. The van der Waals surface area contributed by atoms with Crippen molar-refractivity contribution in [1.82, 2.24) is 0 Å². The quantitative estimate of drug-likeness (QED) is 0.207. The third kappa shape index (κ3) is 3.13. The lowest BCUT2D eigenvalue weighted by molar-refractivity contribution is -0.344. The standard InChI is InChI=1S/C17H24O11/c1-6-3-9(19)17(24)7(14(23)25-2)5-26-15(10(6)17)28-16-13(22)12(21)11(20)8(4-18)27-16/h3,5,8-13,15-16,18-22,24H,4H2,1-2H3/t8-,9-,10+,11-,12+,13-,15+,16+,17-/m1/s1. The van der Waals surface area contributed by atoms with Crippen LogP contribution in [0.2, 0.25) is 0 Å². The molecule has 0 aromatic rings. The molecule has 6 N–H and O–H groups in total. The zero-order chi connectivity index (χ0) is 20.8. The Morgan fingerprint density at radius 3 is 2.46 bits per heavy atom. The summed E-state index contributed by atoms with van der Waals surface area (Å²) in [5.74, 6) is -1.96. The fourth-order valence-electron chi connectivity index (χ4n) is 3.81. The molecule has 3 aliphatic rings. The molecule has 0 amide bonds. The summed E-state index contributed by atoms with van der Waals surface area (Å²) in [6.07, 6.45) is -8.18. The Kier molecular flexibility index (Phi) is 5.81. The number of carbonyl (C=O) groups excluding carboxylic acids is 1. The second kappa shape index (κ2) is 7.69. The molecule has 1 saturated heterocycles. The van der Waals surface area contributed by atoms with Crippen LogP contribution in [-0.4, -0.2) is 99.0 Å². The van der Waals surface area contributed by atoms with Gasteiger partial charge >= 0.3 is 5.97 Å². The van der Waals surface area contributed by atoms with Crippen LogP contribution in [0, 0.1) is 5.92 Å². The fourth-order valence-corrected chi connectivity index (χ4v) is 3.81. The van der Waals surface area contributed by atoms with Gasteiger partial charge in [-0.1, -0.05) is 11.6 Å². The first-order chi connectivity index (χ1) is 13.2. The van der Waals surface area contributed by atoms with Crippen LogP contribution in [0.15, 0.2) is 23.5 Å². The molecule has 2 heterocycles. The zero-order valence-electron chi connectivity index (χ0n) is 15.2. The van der Waals surface area contributed by atoms with Crippen LogP contribution in [0.25, 0.3) is 0 Å². The van der Waals surface area contributed by atoms with Gasteiger partial charge in [0.15, 0.2) is 6.29 Å². The van der Waals surface area contributed by atoms with Gasteiger partial charge in [0, 0.05) is 0 Å². The highest BCUT2D eigenvalue weighted by molar-refractivity contribution is 5.91. The summed E-state index contributed by atoms with van der Waals surface area (Å²) in [7, 11) is 1.11. The molecule has 1 aliphatic carbocycles. The second-order valence-electron chi connectivity index (χ2n) is 7.02. The minimum Gasteiger partial charge on any atom is -0.471 e. The van der Waals surface area contributed by atoms with Crippen molar-refractivity contribution >= 4 is 5.97 Å². The Bertz CT molecular complexity index is 674. The van der Waals surface area contributed by atoms with E-state index in [9.17, 15) is 35.4 Å². The smallest absolute Gasteiger partial charge is 0.339 e. The Labute approximate surface area is 160 Å². The molecule has 0 aromatic carbocycles. The molecular weight excluding hydrogens is 380 g/mol. The summed E-state index contributed by atoms with van der Waals surface area (Å²) in [4.78, 5) is 12.0. The maximum atomic E-state index is 12.0. The minimum absolute atomic E-state index is 0.311. The zero-order valence-corrected chi connectivity index (χ0v) is 15.2. The van der Waals surface area contributed by atoms with Gasteiger partial charge in [-0.25, -0.2) is 4.79 Å². The number of carbonyl (C=O) groups is 1. The Morgan fingerprint density at radius 1 is 1.18 bits per heavy atom. The van der Waals surface area contributed by atoms with Crippen molar-refractivity contribution in [2.75, 3.05) is 13.7 Å². The fraction of sp³-hybridized carbons (Fsp3) is 0.706. The molecule has 0 spiro atoms. The van der Waals surface area contributed by atoms with E-state index in [0.29, 0.717) is 5.57 Å². The van der Waals surface area contributed by atoms with Crippen LogP contribution in [0.4, 0.5) is 0 Å². The van der Waals surface area contributed by atoms with Crippen molar-refractivity contribution in [2.24, 2.45) is 5.92 Å². The number of rotatable bonds is 4. The predicted molar refractivity (Wildman–Crippen MR) is 88.0 cm³/mol. The first-order valence-electron chi connectivity index (χ1n) is 8.65. The van der Waals surface area contributed by atoms with Gasteiger partial charge in [-0.3, -0.25) is 0 Å². The maximum Gasteiger partial charge on any atom is 0.339 e. The molecule has 9 atom stereocenters. The summed E-state index contributed by atoms with van der Waals surface area (Å²) < 4.78 is 20.9. The Hall–Kier alpha value is -1.57. The third-order valence-electron chi connectivity index (χ3n) is 5.38. The molecule has 0 bridgehead atoms. The van der Waals surface area contributed by atoms with Crippen molar-refractivity contribution in [2.45, 2.75) is 55.6 Å². The summed E-state index contributed by atoms with van der Waals surface area (Å²) >= 11 is 0. The molecule has 0 unspecified atom stereocenters. The van der Waals surface area contributed by atoms with Crippen molar-refractivity contribution in [3.8, 4) is 0 Å². The number of fused-ring (bicyclic) bond motifs is 1. The Morgan fingerprint density at radius 2 is 1.86 bits per heavy atom. The Balaban J connectivity index is 1.88. The number of methoxy groups -OCH3 is 1. The highest BCUT2D eigenvalue weighted by Crippen LogP contribution is 2.47. The van der Waals surface area contributed by atoms with Crippen molar-refractivity contribution in [1.29, 1.82) is 0 Å². The molecular formula is C17H24O11. The lowest BCUT2D eigenvalue weighted by Gasteiger charge is -2.45. The number of ether oxygens (including phenoxy) is 4. The van der Waals surface area contributed by atoms with Crippen LogP contribution >= 0.6 is 0 Å². The van der Waals surface area contributed by atoms with Crippen LogP contribution in [-0.2, 0) is 23.7 Å². The third-order valence-corrected chi connectivity index (χ3v) is 5.38. The topological polar surface area (TPSA) is 175 Å². The molecule has 158 valence electrons. The number of hydrogen-bond donors (Lipinski definition) is 6. The van der Waals surface area contributed by atoms with E-state index in [4.69, 9.17) is 14.2 Å². The molecule has 0 radical (unpaired) electrons. The number of hydrogen-bond acceptors (Lipinski definition) is 11. The largest absolute Gasteiger partial charge is 0.471 e. The number of aliphatic hydroxyl groups is 6. The van der Waals surface area contributed by atoms with Crippen molar-refractivity contribution in [3.63, 3.8) is 0 Å². The van der Waals surface area contributed by atoms with Gasteiger partial charge in [0.1, 0.15) is 48.0 Å². The van der Waals surface area contributed by atoms with Gasteiger partial charge in [0.2, 0.25) is 6.29 Å².